The molecule has 2 aromatic heterocycles. The highest BCUT2D eigenvalue weighted by Crippen LogP contribution is 2.36. The van der Waals surface area contributed by atoms with Gasteiger partial charge in [-0.05, 0) is 25.0 Å². The summed E-state index contributed by atoms with van der Waals surface area (Å²) >= 11 is 0. The molecule has 5 heterocycles. The molecule has 2 fully saturated rings. The summed E-state index contributed by atoms with van der Waals surface area (Å²) < 4.78 is 15.0. The number of aliphatic hydroxyl groups excluding tert-OH is 1. The Morgan fingerprint density at radius 3 is 2.89 bits per heavy atom. The second-order valence-electron chi connectivity index (χ2n) is 9.00. The molecule has 1 aliphatic carbocycles. The number of rotatable bonds is 6. The smallest absolute Gasteiger partial charge is 0.257 e. The van der Waals surface area contributed by atoms with Gasteiger partial charge in [-0.15, -0.1) is 0 Å². The SMILES string of the molecule is CNc1cc(-c2cnc3n([C@H]4COC[C@@H]4OC)cccc2-3)nc2c(C(=O)N[C@H]3CC[C@H]3O)cnn12. The molecule has 4 atom stereocenters. The number of anilines is 1. The zero-order valence-corrected chi connectivity index (χ0v) is 19.5. The zero-order valence-electron chi connectivity index (χ0n) is 19.5. The van der Waals surface area contributed by atoms with Crippen LogP contribution in [0.3, 0.4) is 0 Å². The minimum atomic E-state index is -0.506. The number of carbonyl (C=O) groups excluding carboxylic acids is 1. The van der Waals surface area contributed by atoms with Gasteiger partial charge in [0, 0.05) is 43.7 Å². The molecule has 182 valence electrons. The largest absolute Gasteiger partial charge is 0.391 e. The van der Waals surface area contributed by atoms with Crippen molar-refractivity contribution in [3.05, 3.63) is 42.4 Å². The van der Waals surface area contributed by atoms with Crippen LogP contribution in [-0.2, 0) is 9.47 Å². The molecule has 0 aromatic carbocycles. The van der Waals surface area contributed by atoms with E-state index in [2.05, 4.69) is 20.3 Å². The summed E-state index contributed by atoms with van der Waals surface area (Å²) in [4.78, 5) is 22.5. The monoisotopic (exact) mass is 477 g/mol. The van der Waals surface area contributed by atoms with Gasteiger partial charge in [0.15, 0.2) is 5.65 Å². The van der Waals surface area contributed by atoms with E-state index in [1.54, 1.807) is 24.9 Å². The van der Waals surface area contributed by atoms with E-state index in [4.69, 9.17) is 19.4 Å². The number of hydrogen-bond acceptors (Lipinski definition) is 8. The quantitative estimate of drug-likeness (QED) is 0.382. The first kappa shape index (κ1) is 22.0. The number of hydrogen-bond donors (Lipinski definition) is 3. The molecule has 0 bridgehead atoms. The van der Waals surface area contributed by atoms with Gasteiger partial charge in [0.2, 0.25) is 0 Å². The van der Waals surface area contributed by atoms with E-state index >= 15 is 0 Å². The first-order valence-electron chi connectivity index (χ1n) is 11.7. The fourth-order valence-electron chi connectivity index (χ4n) is 4.87. The number of fused-ring (bicyclic) bond motifs is 2. The summed E-state index contributed by atoms with van der Waals surface area (Å²) in [6, 6.07) is 5.68. The Hall–Kier alpha value is -3.54. The molecule has 3 aliphatic heterocycles. The van der Waals surface area contributed by atoms with Crippen LogP contribution in [0, 0.1) is 0 Å². The van der Waals surface area contributed by atoms with Crippen molar-refractivity contribution in [3.63, 3.8) is 0 Å². The fourth-order valence-corrected chi connectivity index (χ4v) is 4.87. The lowest BCUT2D eigenvalue weighted by atomic mass is 9.89. The summed E-state index contributed by atoms with van der Waals surface area (Å²) in [6.45, 7) is 1.11. The zero-order chi connectivity index (χ0) is 24.1. The van der Waals surface area contributed by atoms with Gasteiger partial charge in [-0.25, -0.2) is 9.97 Å². The molecular formula is C24H27N7O4. The Kier molecular flexibility index (Phi) is 5.39. The highest BCUT2D eigenvalue weighted by Gasteiger charge is 2.33. The van der Waals surface area contributed by atoms with E-state index in [9.17, 15) is 9.90 Å². The van der Waals surface area contributed by atoms with Crippen molar-refractivity contribution >= 4 is 17.4 Å². The van der Waals surface area contributed by atoms with Crippen LogP contribution in [0.2, 0.25) is 0 Å². The van der Waals surface area contributed by atoms with Crippen molar-refractivity contribution in [2.24, 2.45) is 0 Å². The maximum Gasteiger partial charge on any atom is 0.257 e. The van der Waals surface area contributed by atoms with Gasteiger partial charge in [0.25, 0.3) is 5.91 Å². The Balaban J connectivity index is 1.40. The van der Waals surface area contributed by atoms with Gasteiger partial charge in [0.1, 0.15) is 23.3 Å². The van der Waals surface area contributed by atoms with Crippen LogP contribution >= 0.6 is 0 Å². The molecule has 0 unspecified atom stereocenters. The van der Waals surface area contributed by atoms with Gasteiger partial charge in [-0.3, -0.25) is 4.79 Å². The van der Waals surface area contributed by atoms with Gasteiger partial charge in [0.05, 0.1) is 43.3 Å². The number of ether oxygens (including phenoxy) is 2. The van der Waals surface area contributed by atoms with Crippen LogP contribution in [0.4, 0.5) is 5.82 Å². The number of aromatic nitrogens is 5. The number of amides is 1. The van der Waals surface area contributed by atoms with Crippen LogP contribution in [0.1, 0.15) is 29.2 Å². The molecule has 6 rings (SSSR count). The molecule has 4 aliphatic rings. The maximum absolute atomic E-state index is 13.0. The Bertz CT molecular complexity index is 1370. The molecule has 1 saturated heterocycles. The standard InChI is InChI=1S/C24H27N7O4/c1-25-21-8-17(28-23-15(10-27-31(21)23)24(33)29-16-5-6-19(16)32)14-9-26-22-13(14)4-3-7-30(22)18-11-35-12-20(18)34-2/h3-4,7-10,16,18-20,25,32H,5-6,11-12H2,1-2H3,(H,29,33)/t16-,18-,19+,20-/m0/s1. The number of nitrogens with zero attached hydrogens (tertiary/aromatic N) is 5. The first-order valence-corrected chi connectivity index (χ1v) is 11.7. The average Bonchev–Trinajstić information content (AvgIpc) is 3.63. The van der Waals surface area contributed by atoms with Crippen LogP contribution in [-0.4, -0.2) is 80.8 Å². The number of pyridine rings is 1. The summed E-state index contributed by atoms with van der Waals surface area (Å²) in [5.74, 6) is 1.21. The van der Waals surface area contributed by atoms with Crippen molar-refractivity contribution in [3.8, 4) is 22.6 Å². The van der Waals surface area contributed by atoms with Gasteiger partial charge >= 0.3 is 0 Å². The van der Waals surface area contributed by atoms with Crippen LogP contribution in [0.5, 0.6) is 0 Å². The van der Waals surface area contributed by atoms with E-state index in [0.717, 1.165) is 23.4 Å². The number of methoxy groups -OCH3 is 1. The summed E-state index contributed by atoms with van der Waals surface area (Å²) in [6.07, 6.45) is 6.21. The lowest BCUT2D eigenvalue weighted by Gasteiger charge is -2.32. The summed E-state index contributed by atoms with van der Waals surface area (Å²) in [5, 5.41) is 20.3. The predicted octanol–water partition coefficient (Wildman–Crippen LogP) is 1.58. The van der Waals surface area contributed by atoms with Crippen LogP contribution < -0.4 is 10.6 Å². The predicted molar refractivity (Wildman–Crippen MR) is 128 cm³/mol. The fraction of sp³-hybridized carbons (Fsp3) is 0.417. The topological polar surface area (TPSA) is 128 Å². The molecule has 0 spiro atoms. The average molecular weight is 478 g/mol. The van der Waals surface area contributed by atoms with Crippen molar-refractivity contribution in [2.45, 2.75) is 37.1 Å². The van der Waals surface area contributed by atoms with Crippen LogP contribution in [0.25, 0.3) is 28.3 Å². The van der Waals surface area contributed by atoms with Gasteiger partial charge in [-0.2, -0.15) is 9.61 Å². The first-order chi connectivity index (χ1) is 17.1. The molecule has 1 saturated carbocycles. The number of aliphatic hydroxyl groups is 1. The van der Waals surface area contributed by atoms with Crippen molar-refractivity contribution in [2.75, 3.05) is 32.7 Å². The van der Waals surface area contributed by atoms with Gasteiger partial charge < -0.3 is 29.8 Å². The van der Waals surface area contributed by atoms with E-state index < -0.39 is 6.10 Å². The second kappa shape index (κ2) is 8.59. The third-order valence-corrected chi connectivity index (χ3v) is 7.06. The minimum Gasteiger partial charge on any atom is -0.391 e. The molecule has 3 N–H and O–H groups in total. The molecular weight excluding hydrogens is 450 g/mol. The number of nitrogens with one attached hydrogen (secondary N) is 2. The van der Waals surface area contributed by atoms with E-state index in [1.807, 2.05) is 24.4 Å². The maximum atomic E-state index is 13.0. The summed E-state index contributed by atoms with van der Waals surface area (Å²) in [5.41, 5.74) is 3.25. The van der Waals surface area contributed by atoms with Crippen LogP contribution in [0.15, 0.2) is 36.8 Å². The van der Waals surface area contributed by atoms with Gasteiger partial charge in [-0.1, -0.05) is 0 Å². The molecule has 1 amide bonds. The number of carbonyl (C=O) groups is 1. The van der Waals surface area contributed by atoms with Crippen molar-refractivity contribution in [1.29, 1.82) is 0 Å². The van der Waals surface area contributed by atoms with Crippen molar-refractivity contribution in [1.82, 2.24) is 29.5 Å². The molecule has 2 aromatic rings. The Labute approximate surface area is 201 Å². The third-order valence-electron chi connectivity index (χ3n) is 7.06. The summed E-state index contributed by atoms with van der Waals surface area (Å²) in [7, 11) is 3.49. The molecule has 11 nitrogen and oxygen atoms in total. The molecule has 35 heavy (non-hydrogen) atoms. The van der Waals surface area contributed by atoms with Crippen molar-refractivity contribution < 1.29 is 19.4 Å². The molecule has 0 radical (unpaired) electrons. The Morgan fingerprint density at radius 2 is 2.14 bits per heavy atom. The van der Waals surface area contributed by atoms with E-state index in [1.165, 1.54) is 6.20 Å². The second-order valence-corrected chi connectivity index (χ2v) is 9.00. The Morgan fingerprint density at radius 1 is 1.26 bits per heavy atom. The molecule has 11 heteroatoms. The minimum absolute atomic E-state index is 0.0294. The lowest BCUT2D eigenvalue weighted by Crippen LogP contribution is -2.50. The third kappa shape index (κ3) is 3.54. The van der Waals surface area contributed by atoms with E-state index in [0.29, 0.717) is 42.4 Å². The normalized spacial score (nSPS) is 24.1. The van der Waals surface area contributed by atoms with E-state index in [-0.39, 0.29) is 24.1 Å². The highest BCUT2D eigenvalue weighted by atomic mass is 16.5. The highest BCUT2D eigenvalue weighted by molar-refractivity contribution is 6.00. The lowest BCUT2D eigenvalue weighted by molar-refractivity contribution is 0.0448.